The van der Waals surface area contributed by atoms with Crippen LogP contribution in [0, 0.1) is 13.8 Å². The van der Waals surface area contributed by atoms with Crippen molar-refractivity contribution in [2.45, 2.75) is 52.1 Å². The lowest BCUT2D eigenvalue weighted by molar-refractivity contribution is -0.123. The molecule has 0 bridgehead atoms. The molecule has 152 valence electrons. The molecule has 0 spiro atoms. The molecule has 5 heteroatoms. The number of rotatable bonds is 10. The molecular formula is C23H32N2O3. The van der Waals surface area contributed by atoms with E-state index in [1.54, 1.807) is 12.1 Å². The maximum atomic E-state index is 12.4. The van der Waals surface area contributed by atoms with E-state index in [0.717, 1.165) is 29.5 Å². The van der Waals surface area contributed by atoms with Gasteiger partial charge in [0, 0.05) is 12.6 Å². The highest BCUT2D eigenvalue weighted by Crippen LogP contribution is 2.21. The van der Waals surface area contributed by atoms with Crippen LogP contribution < -0.4 is 11.1 Å². The fourth-order valence-corrected chi connectivity index (χ4v) is 3.28. The summed E-state index contributed by atoms with van der Waals surface area (Å²) in [6.45, 7) is 6.87. The minimum atomic E-state index is -0.637. The summed E-state index contributed by atoms with van der Waals surface area (Å²) in [6.07, 6.45) is 2.37. The van der Waals surface area contributed by atoms with Crippen molar-refractivity contribution in [2.24, 2.45) is 5.73 Å². The fourth-order valence-electron chi connectivity index (χ4n) is 3.28. The average Bonchev–Trinajstić information content (AvgIpc) is 2.65. The van der Waals surface area contributed by atoms with Gasteiger partial charge in [0.25, 0.3) is 0 Å². The number of hydrogen-bond acceptors (Lipinski definition) is 4. The van der Waals surface area contributed by atoms with Crippen LogP contribution >= 0.6 is 0 Å². The maximum absolute atomic E-state index is 12.4. The van der Waals surface area contributed by atoms with Crippen molar-refractivity contribution in [3.05, 3.63) is 64.7 Å². The number of phenols is 1. The van der Waals surface area contributed by atoms with Crippen LogP contribution in [-0.4, -0.2) is 36.3 Å². The van der Waals surface area contributed by atoms with Crippen molar-refractivity contribution in [1.29, 1.82) is 0 Å². The molecule has 0 heterocycles. The Bertz CT molecular complexity index is 739. The summed E-state index contributed by atoms with van der Waals surface area (Å²) in [4.78, 5) is 12.4. The van der Waals surface area contributed by atoms with E-state index in [4.69, 9.17) is 10.5 Å². The number of ether oxygens (including phenoxy) is 1. The Hall–Kier alpha value is -2.37. The highest BCUT2D eigenvalue weighted by Gasteiger charge is 2.18. The van der Waals surface area contributed by atoms with Gasteiger partial charge >= 0.3 is 0 Å². The Morgan fingerprint density at radius 1 is 1.18 bits per heavy atom. The molecule has 0 saturated heterocycles. The highest BCUT2D eigenvalue weighted by atomic mass is 16.5. The van der Waals surface area contributed by atoms with Crippen LogP contribution in [-0.2, 0) is 22.4 Å². The number of nitrogens with one attached hydrogen (secondary N) is 1. The normalized spacial score (nSPS) is 13.1. The van der Waals surface area contributed by atoms with E-state index in [-0.39, 0.29) is 17.7 Å². The smallest absolute Gasteiger partial charge is 0.237 e. The third kappa shape index (κ3) is 6.98. The molecule has 0 aromatic heterocycles. The Balaban J connectivity index is 1.70. The monoisotopic (exact) mass is 384 g/mol. The van der Waals surface area contributed by atoms with Gasteiger partial charge in [-0.1, -0.05) is 30.3 Å². The number of carbonyl (C=O) groups excluding carboxylic acids is 1. The van der Waals surface area contributed by atoms with Gasteiger partial charge in [0.05, 0.1) is 12.6 Å². The first-order chi connectivity index (χ1) is 13.4. The lowest BCUT2D eigenvalue weighted by Gasteiger charge is -2.19. The first-order valence-electron chi connectivity index (χ1n) is 9.83. The third-order valence-electron chi connectivity index (χ3n) is 4.80. The summed E-state index contributed by atoms with van der Waals surface area (Å²) in [7, 11) is 0. The molecule has 0 aliphatic rings. The second-order valence-electron chi connectivity index (χ2n) is 7.44. The lowest BCUT2D eigenvalue weighted by Crippen LogP contribution is -2.47. The molecule has 0 aliphatic heterocycles. The van der Waals surface area contributed by atoms with Crippen LogP contribution in [0.15, 0.2) is 42.5 Å². The van der Waals surface area contributed by atoms with Gasteiger partial charge in [0.2, 0.25) is 5.91 Å². The molecule has 1 amide bonds. The van der Waals surface area contributed by atoms with Gasteiger partial charge in [0.1, 0.15) is 5.75 Å². The Kier molecular flexibility index (Phi) is 8.48. The number of nitrogens with two attached hydrogens (primary N) is 1. The van der Waals surface area contributed by atoms with Gasteiger partial charge in [-0.3, -0.25) is 4.79 Å². The van der Waals surface area contributed by atoms with Gasteiger partial charge in [-0.25, -0.2) is 0 Å². The van der Waals surface area contributed by atoms with Crippen LogP contribution in [0.1, 0.15) is 35.6 Å². The van der Waals surface area contributed by atoms with E-state index < -0.39 is 6.04 Å². The fraction of sp³-hybridized carbons (Fsp3) is 0.435. The van der Waals surface area contributed by atoms with Crippen molar-refractivity contribution >= 4 is 5.91 Å². The zero-order valence-corrected chi connectivity index (χ0v) is 17.1. The molecule has 0 fully saturated rings. The van der Waals surface area contributed by atoms with E-state index in [1.807, 2.05) is 39.0 Å². The predicted molar refractivity (Wildman–Crippen MR) is 112 cm³/mol. The van der Waals surface area contributed by atoms with Crippen molar-refractivity contribution < 1.29 is 14.6 Å². The molecular weight excluding hydrogens is 352 g/mol. The number of aromatic hydroxyl groups is 1. The molecule has 0 unspecified atom stereocenters. The Morgan fingerprint density at radius 2 is 1.82 bits per heavy atom. The third-order valence-corrected chi connectivity index (χ3v) is 4.80. The minimum absolute atomic E-state index is 0.0997. The van der Waals surface area contributed by atoms with Crippen LogP contribution in [0.25, 0.3) is 0 Å². The van der Waals surface area contributed by atoms with E-state index in [2.05, 4.69) is 17.4 Å². The van der Waals surface area contributed by atoms with Gasteiger partial charge in [-0.15, -0.1) is 0 Å². The zero-order valence-electron chi connectivity index (χ0n) is 17.1. The first kappa shape index (κ1) is 21.9. The number of amides is 1. The second kappa shape index (κ2) is 10.8. The number of benzene rings is 2. The summed E-state index contributed by atoms with van der Waals surface area (Å²) in [6, 6.07) is 13.0. The van der Waals surface area contributed by atoms with Gasteiger partial charge in [-0.2, -0.15) is 0 Å². The minimum Gasteiger partial charge on any atom is -0.508 e. The summed E-state index contributed by atoms with van der Waals surface area (Å²) in [5.74, 6) is 0.0436. The molecule has 5 nitrogen and oxygen atoms in total. The topological polar surface area (TPSA) is 84.6 Å². The van der Waals surface area contributed by atoms with Crippen LogP contribution in [0.4, 0.5) is 0 Å². The zero-order chi connectivity index (χ0) is 20.5. The molecule has 2 aromatic rings. The van der Waals surface area contributed by atoms with E-state index in [9.17, 15) is 9.90 Å². The van der Waals surface area contributed by atoms with Crippen molar-refractivity contribution in [1.82, 2.24) is 5.32 Å². The van der Waals surface area contributed by atoms with E-state index in [1.165, 1.54) is 5.56 Å². The second-order valence-corrected chi connectivity index (χ2v) is 7.44. The quantitative estimate of drug-likeness (QED) is 0.550. The maximum Gasteiger partial charge on any atom is 0.237 e. The van der Waals surface area contributed by atoms with Crippen LogP contribution in [0.3, 0.4) is 0 Å². The van der Waals surface area contributed by atoms with Crippen molar-refractivity contribution in [3.8, 4) is 5.75 Å². The molecule has 0 radical (unpaired) electrons. The highest BCUT2D eigenvalue weighted by molar-refractivity contribution is 5.82. The SMILES string of the molecule is Cc1cc(O)cc(C)c1C[C@H](N)C(=O)N[C@H](C)COCCCc1ccccc1. The van der Waals surface area contributed by atoms with E-state index in [0.29, 0.717) is 19.6 Å². The number of carbonyl (C=O) groups is 1. The van der Waals surface area contributed by atoms with E-state index >= 15 is 0 Å². The Morgan fingerprint density at radius 3 is 2.46 bits per heavy atom. The molecule has 2 rings (SSSR count). The molecule has 28 heavy (non-hydrogen) atoms. The summed E-state index contributed by atoms with van der Waals surface area (Å²) < 4.78 is 5.68. The number of aryl methyl sites for hydroxylation is 3. The molecule has 4 N–H and O–H groups in total. The number of hydrogen-bond donors (Lipinski definition) is 3. The van der Waals surface area contributed by atoms with Crippen LogP contribution in [0.2, 0.25) is 0 Å². The molecule has 0 saturated carbocycles. The van der Waals surface area contributed by atoms with Crippen LogP contribution in [0.5, 0.6) is 5.75 Å². The molecule has 2 aromatic carbocycles. The average molecular weight is 385 g/mol. The van der Waals surface area contributed by atoms with Crippen molar-refractivity contribution in [2.75, 3.05) is 13.2 Å². The summed E-state index contributed by atoms with van der Waals surface area (Å²) in [5.41, 5.74) is 10.3. The lowest BCUT2D eigenvalue weighted by atomic mass is 9.96. The Labute approximate surface area is 167 Å². The number of phenolic OH excluding ortho intramolecular Hbond substituents is 1. The summed E-state index contributed by atoms with van der Waals surface area (Å²) in [5, 5.41) is 12.6. The van der Waals surface area contributed by atoms with Gasteiger partial charge < -0.3 is 20.9 Å². The summed E-state index contributed by atoms with van der Waals surface area (Å²) >= 11 is 0. The van der Waals surface area contributed by atoms with Gasteiger partial charge in [0.15, 0.2) is 0 Å². The predicted octanol–water partition coefficient (Wildman–Crippen LogP) is 3.03. The molecule has 2 atom stereocenters. The van der Waals surface area contributed by atoms with Gasteiger partial charge in [-0.05, 0) is 74.4 Å². The largest absolute Gasteiger partial charge is 0.508 e. The standard InChI is InChI=1S/C23H32N2O3/c1-16-12-20(26)13-17(2)21(16)14-22(24)23(27)25-18(3)15-28-11-7-10-19-8-5-4-6-9-19/h4-6,8-9,12-13,18,22,26H,7,10-11,14-15,24H2,1-3H3,(H,25,27)/t18-,22+/m1/s1. The first-order valence-corrected chi connectivity index (χ1v) is 9.83. The van der Waals surface area contributed by atoms with Crippen molar-refractivity contribution in [3.63, 3.8) is 0 Å². The molecule has 0 aliphatic carbocycles.